The number of rotatable bonds is 6. The van der Waals surface area contributed by atoms with Crippen molar-refractivity contribution in [3.05, 3.63) is 59.5 Å². The van der Waals surface area contributed by atoms with Crippen LogP contribution in [0, 0.1) is 6.92 Å². The summed E-state index contributed by atoms with van der Waals surface area (Å²) in [6.07, 6.45) is 1.53. The Hall–Kier alpha value is -2.60. The molecule has 1 aromatic heterocycles. The zero-order valence-electron chi connectivity index (χ0n) is 13.4. The normalized spacial score (nSPS) is 11.7. The van der Waals surface area contributed by atoms with Crippen molar-refractivity contribution in [2.24, 2.45) is 0 Å². The summed E-state index contributed by atoms with van der Waals surface area (Å²) in [5.41, 5.74) is 2.36. The number of carbonyl (C=O) groups excluding carboxylic acids is 2. The number of aryl methyl sites for hydroxylation is 1. The van der Waals surface area contributed by atoms with E-state index in [-0.39, 0.29) is 19.0 Å². The molecule has 122 valence electrons. The molecule has 1 aromatic carbocycles. The van der Waals surface area contributed by atoms with Crippen LogP contribution < -0.4 is 15.5 Å². The molecule has 23 heavy (non-hydrogen) atoms. The lowest BCUT2D eigenvalue weighted by Crippen LogP contribution is -3.09. The molecule has 6 heteroatoms. The van der Waals surface area contributed by atoms with Crippen molar-refractivity contribution in [3.63, 3.8) is 0 Å². The Bertz CT molecular complexity index is 636. The molecule has 2 rings (SSSR count). The summed E-state index contributed by atoms with van der Waals surface area (Å²) in [5, 5.41) is 4.89. The lowest BCUT2D eigenvalue weighted by Gasteiger charge is -2.13. The molecule has 1 heterocycles. The van der Waals surface area contributed by atoms with Crippen LogP contribution in [0.5, 0.6) is 0 Å². The van der Waals surface area contributed by atoms with Crippen LogP contribution in [0.1, 0.15) is 16.9 Å². The van der Waals surface area contributed by atoms with Crippen molar-refractivity contribution in [2.45, 2.75) is 20.0 Å². The largest absolute Gasteiger partial charge is 0.467 e. The van der Waals surface area contributed by atoms with Gasteiger partial charge in [0.15, 0.2) is 6.54 Å². The number of nitrogens with one attached hydrogen (secondary N) is 3. The molecule has 0 fully saturated rings. The Morgan fingerprint density at radius 1 is 1.17 bits per heavy atom. The third-order valence-electron chi connectivity index (χ3n) is 3.35. The summed E-state index contributed by atoms with van der Waals surface area (Å²) in [5.74, 6) is 0.321. The van der Waals surface area contributed by atoms with E-state index in [0.29, 0.717) is 5.76 Å². The predicted octanol–water partition coefficient (Wildman–Crippen LogP) is 0.629. The van der Waals surface area contributed by atoms with Gasteiger partial charge in [0.2, 0.25) is 0 Å². The van der Waals surface area contributed by atoms with Gasteiger partial charge in [-0.3, -0.25) is 10.1 Å². The number of imide groups is 1. The van der Waals surface area contributed by atoms with Gasteiger partial charge in [0.05, 0.1) is 19.9 Å². The topological polar surface area (TPSA) is 75.8 Å². The first-order valence-corrected chi connectivity index (χ1v) is 7.50. The standard InChI is InChI=1S/C17H21N3O3/c1-13-5-7-14(8-6-13)11-20(2)12-16(21)19-17(22)18-10-15-4-3-9-23-15/h3-9H,10-12H2,1-2H3,(H2,18,19,21,22)/p+1. The fourth-order valence-corrected chi connectivity index (χ4v) is 2.19. The first kappa shape index (κ1) is 16.8. The molecule has 3 N–H and O–H groups in total. The van der Waals surface area contributed by atoms with Gasteiger partial charge in [0, 0.05) is 5.56 Å². The lowest BCUT2D eigenvalue weighted by atomic mass is 10.1. The van der Waals surface area contributed by atoms with E-state index in [1.807, 2.05) is 38.2 Å². The molecule has 0 saturated carbocycles. The molecule has 0 saturated heterocycles. The highest BCUT2D eigenvalue weighted by atomic mass is 16.3. The molecule has 0 radical (unpaired) electrons. The minimum atomic E-state index is -0.519. The molecule has 3 amide bonds. The Morgan fingerprint density at radius 3 is 2.57 bits per heavy atom. The van der Waals surface area contributed by atoms with Crippen LogP contribution in [0.2, 0.25) is 0 Å². The van der Waals surface area contributed by atoms with Crippen LogP contribution in [-0.4, -0.2) is 25.5 Å². The number of amides is 3. The molecule has 0 aliphatic heterocycles. The zero-order valence-corrected chi connectivity index (χ0v) is 13.4. The summed E-state index contributed by atoms with van der Waals surface area (Å²) < 4.78 is 5.10. The summed E-state index contributed by atoms with van der Waals surface area (Å²) in [4.78, 5) is 24.5. The van der Waals surface area contributed by atoms with Gasteiger partial charge in [-0.15, -0.1) is 0 Å². The second-order valence-electron chi connectivity index (χ2n) is 5.61. The smallest absolute Gasteiger partial charge is 0.321 e. The van der Waals surface area contributed by atoms with Gasteiger partial charge in [-0.1, -0.05) is 29.8 Å². The summed E-state index contributed by atoms with van der Waals surface area (Å²) in [6, 6.07) is 11.2. The summed E-state index contributed by atoms with van der Waals surface area (Å²) in [6.45, 7) is 3.23. The first-order valence-electron chi connectivity index (χ1n) is 7.50. The van der Waals surface area contributed by atoms with E-state index >= 15 is 0 Å². The van der Waals surface area contributed by atoms with Crippen molar-refractivity contribution < 1.29 is 18.9 Å². The predicted molar refractivity (Wildman–Crippen MR) is 85.7 cm³/mol. The van der Waals surface area contributed by atoms with Crippen molar-refractivity contribution in [3.8, 4) is 0 Å². The van der Waals surface area contributed by atoms with Crippen molar-refractivity contribution in [1.82, 2.24) is 10.6 Å². The second kappa shape index (κ2) is 8.14. The maximum absolute atomic E-state index is 11.9. The number of hydrogen-bond donors (Lipinski definition) is 3. The SMILES string of the molecule is Cc1ccc(C[NH+](C)CC(=O)NC(=O)NCc2ccco2)cc1. The molecular formula is C17H22N3O3+. The maximum atomic E-state index is 11.9. The molecule has 0 bridgehead atoms. The van der Waals surface area contributed by atoms with Crippen LogP contribution in [0.4, 0.5) is 4.79 Å². The van der Waals surface area contributed by atoms with Crippen LogP contribution in [0.15, 0.2) is 47.1 Å². The highest BCUT2D eigenvalue weighted by Gasteiger charge is 2.13. The third-order valence-corrected chi connectivity index (χ3v) is 3.35. The van der Waals surface area contributed by atoms with Gasteiger partial charge < -0.3 is 14.6 Å². The first-order chi connectivity index (χ1) is 11.0. The Morgan fingerprint density at radius 2 is 1.91 bits per heavy atom. The van der Waals surface area contributed by atoms with Gasteiger partial charge >= 0.3 is 6.03 Å². The number of quaternary nitrogens is 1. The average Bonchev–Trinajstić information content (AvgIpc) is 3.00. The number of urea groups is 1. The highest BCUT2D eigenvalue weighted by Crippen LogP contribution is 2.01. The average molecular weight is 316 g/mol. The third kappa shape index (κ3) is 5.96. The van der Waals surface area contributed by atoms with Gasteiger partial charge in [0.1, 0.15) is 12.3 Å². The molecule has 1 unspecified atom stereocenters. The zero-order chi connectivity index (χ0) is 16.7. The molecule has 2 aromatic rings. The van der Waals surface area contributed by atoms with Crippen LogP contribution in [0.3, 0.4) is 0 Å². The Balaban J connectivity index is 1.70. The fraction of sp³-hybridized carbons (Fsp3) is 0.294. The maximum Gasteiger partial charge on any atom is 0.321 e. The van der Waals surface area contributed by atoms with Crippen molar-refractivity contribution >= 4 is 11.9 Å². The van der Waals surface area contributed by atoms with E-state index in [0.717, 1.165) is 17.0 Å². The van der Waals surface area contributed by atoms with E-state index < -0.39 is 6.03 Å². The van der Waals surface area contributed by atoms with Gasteiger partial charge in [-0.05, 0) is 19.1 Å². The van der Waals surface area contributed by atoms with Gasteiger partial charge in [0.25, 0.3) is 5.91 Å². The van der Waals surface area contributed by atoms with Gasteiger partial charge in [-0.2, -0.15) is 0 Å². The molecule has 0 spiro atoms. The molecular weight excluding hydrogens is 294 g/mol. The second-order valence-corrected chi connectivity index (χ2v) is 5.61. The van der Waals surface area contributed by atoms with Crippen LogP contribution in [0.25, 0.3) is 0 Å². The number of carbonyl (C=O) groups is 2. The fourth-order valence-electron chi connectivity index (χ4n) is 2.19. The minimum Gasteiger partial charge on any atom is -0.467 e. The summed E-state index contributed by atoms with van der Waals surface area (Å²) >= 11 is 0. The minimum absolute atomic E-state index is 0.224. The van der Waals surface area contributed by atoms with Crippen molar-refractivity contribution in [2.75, 3.05) is 13.6 Å². The molecule has 0 aliphatic carbocycles. The van der Waals surface area contributed by atoms with Crippen LogP contribution >= 0.6 is 0 Å². The van der Waals surface area contributed by atoms with E-state index in [4.69, 9.17) is 4.42 Å². The molecule has 1 atom stereocenters. The lowest BCUT2D eigenvalue weighted by molar-refractivity contribution is -0.885. The number of hydrogen-bond acceptors (Lipinski definition) is 3. The number of benzene rings is 1. The summed E-state index contributed by atoms with van der Waals surface area (Å²) in [7, 11) is 1.92. The van der Waals surface area contributed by atoms with E-state index in [1.54, 1.807) is 12.1 Å². The van der Waals surface area contributed by atoms with E-state index in [2.05, 4.69) is 10.6 Å². The number of likely N-dealkylation sites (N-methyl/N-ethyl adjacent to an activating group) is 1. The number of furan rings is 1. The van der Waals surface area contributed by atoms with Crippen LogP contribution in [-0.2, 0) is 17.9 Å². The monoisotopic (exact) mass is 316 g/mol. The van der Waals surface area contributed by atoms with E-state index in [1.165, 1.54) is 11.8 Å². The molecule has 6 nitrogen and oxygen atoms in total. The van der Waals surface area contributed by atoms with E-state index in [9.17, 15) is 9.59 Å². The quantitative estimate of drug-likeness (QED) is 0.732. The Kier molecular flexibility index (Phi) is 5.94. The molecule has 0 aliphatic rings. The highest BCUT2D eigenvalue weighted by molar-refractivity contribution is 5.94. The Labute approximate surface area is 135 Å². The van der Waals surface area contributed by atoms with Crippen molar-refractivity contribution in [1.29, 1.82) is 0 Å². The van der Waals surface area contributed by atoms with Gasteiger partial charge in [-0.25, -0.2) is 4.79 Å².